The summed E-state index contributed by atoms with van der Waals surface area (Å²) in [4.78, 5) is 0. The molecule has 0 saturated carbocycles. The lowest BCUT2D eigenvalue weighted by Gasteiger charge is -2.37. The highest BCUT2D eigenvalue weighted by Crippen LogP contribution is 2.38. The number of aliphatic hydroxyl groups is 1. The van der Waals surface area contributed by atoms with Crippen LogP contribution in [0, 0.1) is 5.41 Å². The van der Waals surface area contributed by atoms with E-state index in [1.807, 2.05) is 11.2 Å². The summed E-state index contributed by atoms with van der Waals surface area (Å²) >= 11 is 6.33. The fraction of sp³-hybridized carbons (Fsp3) is 1.00. The molecule has 0 aromatic heterocycles. The molecule has 0 spiro atoms. The van der Waals surface area contributed by atoms with Crippen LogP contribution in [0.15, 0.2) is 0 Å². The molecule has 0 heterocycles. The van der Waals surface area contributed by atoms with Gasteiger partial charge in [0.15, 0.2) is 6.29 Å². The first-order chi connectivity index (χ1) is 11.2. The van der Waals surface area contributed by atoms with E-state index in [-0.39, 0.29) is 24.4 Å². The van der Waals surface area contributed by atoms with Crippen molar-refractivity contribution in [2.24, 2.45) is 5.41 Å². The summed E-state index contributed by atoms with van der Waals surface area (Å²) in [5.41, 5.74) is 0.235. The van der Waals surface area contributed by atoms with Gasteiger partial charge in [0.1, 0.15) is 0 Å². The van der Waals surface area contributed by atoms with Gasteiger partial charge in [0.05, 0.1) is 6.10 Å². The monoisotopic (exact) mass is 398 g/mol. The zero-order chi connectivity index (χ0) is 18.6. The fourth-order valence-electron chi connectivity index (χ4n) is 2.84. The second-order valence-electron chi connectivity index (χ2n) is 7.54. The summed E-state index contributed by atoms with van der Waals surface area (Å²) in [5.74, 6) is 2.00. The van der Waals surface area contributed by atoms with Gasteiger partial charge >= 0.3 is 0 Å². The van der Waals surface area contributed by atoms with E-state index >= 15 is 0 Å². The van der Waals surface area contributed by atoms with Crippen LogP contribution < -0.4 is 0 Å². The first-order valence-corrected chi connectivity index (χ1v) is 13.7. The molecule has 0 amide bonds. The van der Waals surface area contributed by atoms with Gasteiger partial charge in [-0.2, -0.15) is 23.8 Å². The largest absolute Gasteiger partial charge is 0.404 e. The van der Waals surface area contributed by atoms with E-state index in [0.29, 0.717) is 6.42 Å². The molecule has 24 heavy (non-hydrogen) atoms. The highest BCUT2D eigenvalue weighted by atomic mass is 32.4. The lowest BCUT2D eigenvalue weighted by atomic mass is 10.0. The van der Waals surface area contributed by atoms with Gasteiger partial charge in [-0.05, 0) is 48.8 Å². The number of thiol groups is 1. The Labute approximate surface area is 159 Å². The molecule has 0 fully saturated rings. The van der Waals surface area contributed by atoms with Crippen molar-refractivity contribution in [2.45, 2.75) is 71.4 Å². The van der Waals surface area contributed by atoms with Crippen LogP contribution in [0.2, 0.25) is 12.6 Å². The minimum atomic E-state index is -1.94. The smallest absolute Gasteiger partial charge is 0.251 e. The van der Waals surface area contributed by atoms with Crippen LogP contribution in [0.5, 0.6) is 0 Å². The number of aliphatic hydroxyl groups excluding tert-OH is 1. The van der Waals surface area contributed by atoms with Crippen molar-refractivity contribution < 1.29 is 19.0 Å². The van der Waals surface area contributed by atoms with E-state index in [1.165, 1.54) is 0 Å². The molecule has 0 aromatic carbocycles. The molecular formula is C17H38O4S2Si. The molecule has 2 atom stereocenters. The van der Waals surface area contributed by atoms with E-state index in [2.05, 4.69) is 39.9 Å². The van der Waals surface area contributed by atoms with Crippen molar-refractivity contribution >= 4 is 31.3 Å². The Bertz CT molecular complexity index is 311. The van der Waals surface area contributed by atoms with Crippen LogP contribution >= 0.6 is 23.8 Å². The van der Waals surface area contributed by atoms with Gasteiger partial charge in [0, 0.05) is 27.2 Å². The van der Waals surface area contributed by atoms with Gasteiger partial charge in [-0.25, -0.2) is 0 Å². The molecule has 0 aliphatic rings. The quantitative estimate of drug-likeness (QED) is 0.197. The number of rotatable bonds is 14. The van der Waals surface area contributed by atoms with Crippen LogP contribution in [0.1, 0.15) is 46.5 Å². The zero-order valence-corrected chi connectivity index (χ0v) is 19.0. The number of hydrogen-bond donors (Lipinski definition) is 2. The van der Waals surface area contributed by atoms with Gasteiger partial charge in [0.2, 0.25) is 0 Å². The normalized spacial score (nSPS) is 16.4. The summed E-state index contributed by atoms with van der Waals surface area (Å²) in [6.45, 7) is 9.33. The molecule has 146 valence electrons. The molecule has 0 rings (SSSR count). The number of ether oxygens (including phenoxy) is 2. The average molecular weight is 399 g/mol. The summed E-state index contributed by atoms with van der Waals surface area (Å²) in [6.07, 6.45) is 3.18. The topological polar surface area (TPSA) is 47.9 Å². The Morgan fingerprint density at radius 3 is 2.25 bits per heavy atom. The molecule has 0 aliphatic carbocycles. The van der Waals surface area contributed by atoms with Crippen LogP contribution in [-0.2, 0) is 13.9 Å². The highest BCUT2D eigenvalue weighted by Gasteiger charge is 2.37. The third-order valence-electron chi connectivity index (χ3n) is 3.64. The molecule has 0 bridgehead atoms. The predicted octanol–water partition coefficient (Wildman–Crippen LogP) is 4.32. The number of hydrogen-bond acceptors (Lipinski definition) is 6. The third kappa shape index (κ3) is 12.2. The van der Waals surface area contributed by atoms with Gasteiger partial charge in [-0.15, -0.1) is 0 Å². The van der Waals surface area contributed by atoms with Crippen molar-refractivity contribution in [3.05, 3.63) is 0 Å². The van der Waals surface area contributed by atoms with Crippen LogP contribution in [0.3, 0.4) is 0 Å². The second-order valence-corrected chi connectivity index (χ2v) is 15.0. The van der Waals surface area contributed by atoms with Crippen molar-refractivity contribution in [3.63, 3.8) is 0 Å². The van der Waals surface area contributed by atoms with Gasteiger partial charge in [0.25, 0.3) is 7.47 Å². The lowest BCUT2D eigenvalue weighted by molar-refractivity contribution is -0.121. The minimum Gasteiger partial charge on any atom is -0.404 e. The number of methoxy groups -OCH3 is 2. The van der Waals surface area contributed by atoms with Crippen molar-refractivity contribution in [1.82, 2.24) is 0 Å². The van der Waals surface area contributed by atoms with E-state index in [0.717, 1.165) is 36.8 Å². The lowest BCUT2D eigenvalue weighted by Crippen LogP contribution is -2.41. The fourth-order valence-corrected chi connectivity index (χ4v) is 11.0. The van der Waals surface area contributed by atoms with Crippen LogP contribution in [0.4, 0.5) is 0 Å². The Morgan fingerprint density at radius 2 is 1.79 bits per heavy atom. The van der Waals surface area contributed by atoms with E-state index in [4.69, 9.17) is 13.9 Å². The highest BCUT2D eigenvalue weighted by molar-refractivity contribution is 8.28. The molecule has 2 unspecified atom stereocenters. The van der Waals surface area contributed by atoms with Gasteiger partial charge in [-0.1, -0.05) is 20.8 Å². The first kappa shape index (κ1) is 24.8. The third-order valence-corrected chi connectivity index (χ3v) is 10.8. The molecule has 0 aliphatic heterocycles. The molecule has 7 heteroatoms. The average Bonchev–Trinajstić information content (AvgIpc) is 2.48. The van der Waals surface area contributed by atoms with Gasteiger partial charge in [-0.3, -0.25) is 0 Å². The van der Waals surface area contributed by atoms with Gasteiger partial charge < -0.3 is 19.0 Å². The molecule has 0 radical (unpaired) electrons. The molecular weight excluding hydrogens is 360 g/mol. The maximum absolute atomic E-state index is 9.20. The Kier molecular flexibility index (Phi) is 13.4. The Hall–Kier alpha value is 0.757. The van der Waals surface area contributed by atoms with Crippen molar-refractivity contribution in [2.75, 3.05) is 32.3 Å². The Morgan fingerprint density at radius 1 is 1.17 bits per heavy atom. The molecule has 1 N–H and O–H groups in total. The maximum atomic E-state index is 9.20. The molecule has 0 saturated heterocycles. The summed E-state index contributed by atoms with van der Waals surface area (Å²) in [6, 6.07) is 1.09. The molecule has 0 aromatic rings. The van der Waals surface area contributed by atoms with E-state index < -0.39 is 7.47 Å². The maximum Gasteiger partial charge on any atom is 0.251 e. The predicted molar refractivity (Wildman–Crippen MR) is 110 cm³/mol. The van der Waals surface area contributed by atoms with Crippen LogP contribution in [0.25, 0.3) is 0 Å². The summed E-state index contributed by atoms with van der Waals surface area (Å²) in [7, 11) is 1.38. The minimum absolute atomic E-state index is 0.0598. The zero-order valence-electron chi connectivity index (χ0n) is 16.3. The summed E-state index contributed by atoms with van der Waals surface area (Å²) in [5, 5.41) is 9.20. The summed E-state index contributed by atoms with van der Waals surface area (Å²) < 4.78 is 17.4. The Balaban J connectivity index is 5.01. The van der Waals surface area contributed by atoms with Crippen molar-refractivity contribution in [1.29, 1.82) is 0 Å². The van der Waals surface area contributed by atoms with E-state index in [1.54, 1.807) is 14.2 Å². The molecule has 4 nitrogen and oxygen atoms in total. The standard InChI is InChI=1S/C17H38O4S2Si/c1-17(2,3)14-24(6,23-12-8-11-22)21-15(9-7-10-18)13-16(19-4)20-5/h15-16,18,22H,7-14H2,1-6H3. The van der Waals surface area contributed by atoms with Crippen molar-refractivity contribution in [3.8, 4) is 0 Å². The van der Waals surface area contributed by atoms with E-state index in [9.17, 15) is 5.11 Å². The van der Waals surface area contributed by atoms with Crippen LogP contribution in [-0.4, -0.2) is 57.3 Å². The SMILES string of the molecule is COC(CC(CCCO)O[Si](C)(CC(C)(C)C)SCCCS)OC. The second kappa shape index (κ2) is 13.0. The first-order valence-electron chi connectivity index (χ1n) is 8.78.